The quantitative estimate of drug-likeness (QED) is 0.0794. The van der Waals surface area contributed by atoms with Gasteiger partial charge in [-0.15, -0.1) is 0 Å². The topological polar surface area (TPSA) is 60.5 Å². The largest absolute Gasteiger partial charge is 0.508 e. The van der Waals surface area contributed by atoms with Crippen molar-refractivity contribution in [2.75, 3.05) is 13.2 Å². The van der Waals surface area contributed by atoms with Crippen LogP contribution in [0.25, 0.3) is 0 Å². The van der Waals surface area contributed by atoms with Crippen LogP contribution in [-0.4, -0.2) is 63.9 Å². The van der Waals surface area contributed by atoms with Gasteiger partial charge in [0, 0.05) is 47.8 Å². The number of unbranched alkanes of at least 4 members (excludes halogenated alkanes) is 15. The molecule has 2 saturated heterocycles. The third-order valence-electron chi connectivity index (χ3n) is 10.3. The molecule has 2 rings (SSSR count). The Morgan fingerprint density at radius 3 is 1.00 bits per heavy atom. The highest BCUT2D eigenvalue weighted by molar-refractivity contribution is 5.60. The molecule has 0 aromatic carbocycles. The van der Waals surface area contributed by atoms with Crippen molar-refractivity contribution in [3.8, 4) is 0 Å². The fraction of sp³-hybridized carbons (Fsp3) is 0.975. The number of nitrogens with zero attached hydrogens (tertiary/aromatic N) is 2. The number of carbonyl (C=O) groups is 1. The van der Waals surface area contributed by atoms with Gasteiger partial charge in [0.2, 0.25) is 0 Å². The molecule has 0 aromatic heterocycles. The second-order valence-corrected chi connectivity index (χ2v) is 17.4. The molecule has 0 unspecified atom stereocenters. The minimum Gasteiger partial charge on any atom is -0.431 e. The van der Waals surface area contributed by atoms with Crippen molar-refractivity contribution in [1.29, 1.82) is 0 Å². The summed E-state index contributed by atoms with van der Waals surface area (Å²) in [5.74, 6) is 0. The molecular weight excluding hydrogens is 588 g/mol. The van der Waals surface area contributed by atoms with E-state index in [1.54, 1.807) is 0 Å². The molecule has 7 nitrogen and oxygen atoms in total. The molecule has 7 heteroatoms. The van der Waals surface area contributed by atoms with E-state index in [-0.39, 0.29) is 34.4 Å². The van der Waals surface area contributed by atoms with Gasteiger partial charge in [-0.25, -0.2) is 4.79 Å². The Morgan fingerprint density at radius 1 is 0.468 bits per heavy atom. The second kappa shape index (κ2) is 20.7. The summed E-state index contributed by atoms with van der Waals surface area (Å²) in [6.45, 7) is 23.6. The van der Waals surface area contributed by atoms with Crippen LogP contribution in [0.1, 0.15) is 204 Å². The Kier molecular flexibility index (Phi) is 18.6. The number of carbonyl (C=O) groups excluding carboxylic acids is 1. The highest BCUT2D eigenvalue weighted by Crippen LogP contribution is 2.42. The van der Waals surface area contributed by atoms with E-state index >= 15 is 0 Å². The molecule has 0 aromatic rings. The van der Waals surface area contributed by atoms with Crippen molar-refractivity contribution in [3.05, 3.63) is 0 Å². The summed E-state index contributed by atoms with van der Waals surface area (Å²) in [5, 5.41) is 4.34. The maximum absolute atomic E-state index is 13.2. The van der Waals surface area contributed by atoms with Gasteiger partial charge in [0.25, 0.3) is 0 Å². The fourth-order valence-corrected chi connectivity index (χ4v) is 8.47. The molecule has 0 atom stereocenters. The van der Waals surface area contributed by atoms with Gasteiger partial charge < -0.3 is 9.47 Å². The lowest BCUT2D eigenvalue weighted by atomic mass is 9.80. The standard InChI is InChI=1S/C40H78N2O5/c1-11-13-15-17-19-21-23-25-27-29-45-42-39(7,8)32-35(33-40(42,9)10)47-36(43)46-34-30-37(3,4)41(38(5,6)31-34)44-28-26-24-22-20-18-16-14-12-2/h34-35H,11-33H2,1-10H3. The van der Waals surface area contributed by atoms with Crippen molar-refractivity contribution in [2.45, 2.75) is 238 Å². The first-order valence-electron chi connectivity index (χ1n) is 19.9. The van der Waals surface area contributed by atoms with Gasteiger partial charge in [0.15, 0.2) is 0 Å². The molecule has 2 fully saturated rings. The van der Waals surface area contributed by atoms with Crippen LogP contribution in [0.4, 0.5) is 4.79 Å². The number of piperidine rings is 2. The maximum Gasteiger partial charge on any atom is 0.508 e. The van der Waals surface area contributed by atoms with Gasteiger partial charge in [-0.1, -0.05) is 110 Å². The predicted molar refractivity (Wildman–Crippen MR) is 195 cm³/mol. The molecule has 0 amide bonds. The molecule has 2 aliphatic heterocycles. The van der Waals surface area contributed by atoms with Crippen LogP contribution in [0.3, 0.4) is 0 Å². The summed E-state index contributed by atoms with van der Waals surface area (Å²) in [6.07, 6.45) is 23.9. The van der Waals surface area contributed by atoms with E-state index in [1.807, 2.05) is 0 Å². The van der Waals surface area contributed by atoms with Crippen molar-refractivity contribution in [1.82, 2.24) is 10.1 Å². The molecule has 2 aliphatic rings. The lowest BCUT2D eigenvalue weighted by Gasteiger charge is -2.54. The van der Waals surface area contributed by atoms with Crippen LogP contribution in [0.5, 0.6) is 0 Å². The SMILES string of the molecule is CCCCCCCCCCCON1C(C)(C)CC(OC(=O)OC2CC(C)(C)N(OCCCCCCCCCC)C(C)(C)C2)CC1(C)C. The summed E-state index contributed by atoms with van der Waals surface area (Å²) < 4.78 is 12.1. The van der Waals surface area contributed by atoms with Crippen molar-refractivity contribution in [2.24, 2.45) is 0 Å². The smallest absolute Gasteiger partial charge is 0.431 e. The number of hydrogen-bond donors (Lipinski definition) is 0. The lowest BCUT2D eigenvalue weighted by molar-refractivity contribution is -0.296. The Balaban J connectivity index is 1.76. The Hall–Kier alpha value is -0.890. The Bertz CT molecular complexity index is 822. The molecule has 278 valence electrons. The molecule has 0 radical (unpaired) electrons. The maximum atomic E-state index is 13.2. The van der Waals surface area contributed by atoms with E-state index in [0.29, 0.717) is 25.7 Å². The molecule has 47 heavy (non-hydrogen) atoms. The molecule has 0 bridgehead atoms. The van der Waals surface area contributed by atoms with Gasteiger partial charge in [-0.05, 0) is 68.2 Å². The van der Waals surface area contributed by atoms with Crippen molar-refractivity contribution < 1.29 is 23.9 Å². The zero-order valence-electron chi connectivity index (χ0n) is 32.9. The van der Waals surface area contributed by atoms with Crippen LogP contribution in [-0.2, 0) is 19.1 Å². The number of hydroxylamine groups is 4. The van der Waals surface area contributed by atoms with Crippen molar-refractivity contribution in [3.63, 3.8) is 0 Å². The van der Waals surface area contributed by atoms with Crippen molar-refractivity contribution >= 4 is 6.16 Å². The highest BCUT2D eigenvalue weighted by atomic mass is 16.7. The van der Waals surface area contributed by atoms with Gasteiger partial charge in [0.05, 0.1) is 13.2 Å². The van der Waals surface area contributed by atoms with Crippen LogP contribution < -0.4 is 0 Å². The average Bonchev–Trinajstić information content (AvgIpc) is 2.94. The van der Waals surface area contributed by atoms with Gasteiger partial charge in [-0.3, -0.25) is 9.68 Å². The fourth-order valence-electron chi connectivity index (χ4n) is 8.47. The number of hydrogen-bond acceptors (Lipinski definition) is 7. The van der Waals surface area contributed by atoms with Crippen LogP contribution in [0, 0.1) is 0 Å². The van der Waals surface area contributed by atoms with Crippen LogP contribution in [0.2, 0.25) is 0 Å². The monoisotopic (exact) mass is 667 g/mol. The third kappa shape index (κ3) is 15.3. The molecule has 0 aliphatic carbocycles. The third-order valence-corrected chi connectivity index (χ3v) is 10.3. The Morgan fingerprint density at radius 2 is 0.723 bits per heavy atom. The van der Waals surface area contributed by atoms with E-state index in [0.717, 1.165) is 26.1 Å². The first kappa shape index (κ1) is 42.3. The van der Waals surface area contributed by atoms with E-state index in [1.165, 1.54) is 96.3 Å². The summed E-state index contributed by atoms with van der Waals surface area (Å²) in [7, 11) is 0. The minimum absolute atomic E-state index is 0.212. The minimum atomic E-state index is -0.546. The van der Waals surface area contributed by atoms with Crippen LogP contribution in [0.15, 0.2) is 0 Å². The van der Waals surface area contributed by atoms with Gasteiger partial charge in [-0.2, -0.15) is 10.1 Å². The van der Waals surface area contributed by atoms with E-state index in [2.05, 4.69) is 79.4 Å². The Labute approximate surface area is 291 Å². The normalized spacial score (nSPS) is 21.6. The van der Waals surface area contributed by atoms with Gasteiger partial charge >= 0.3 is 6.16 Å². The zero-order chi connectivity index (χ0) is 35.0. The number of rotatable bonds is 23. The zero-order valence-corrected chi connectivity index (χ0v) is 32.9. The summed E-state index contributed by atoms with van der Waals surface area (Å²) in [6, 6.07) is 0. The van der Waals surface area contributed by atoms with Gasteiger partial charge in [0.1, 0.15) is 12.2 Å². The highest BCUT2D eigenvalue weighted by Gasteiger charge is 2.50. The average molecular weight is 667 g/mol. The first-order valence-corrected chi connectivity index (χ1v) is 19.9. The lowest BCUT2D eigenvalue weighted by Crippen LogP contribution is -2.62. The van der Waals surface area contributed by atoms with E-state index in [9.17, 15) is 4.79 Å². The molecule has 2 heterocycles. The summed E-state index contributed by atoms with van der Waals surface area (Å²) in [5.41, 5.74) is -1.02. The summed E-state index contributed by atoms with van der Waals surface area (Å²) >= 11 is 0. The molecule has 0 N–H and O–H groups in total. The number of ether oxygens (including phenoxy) is 2. The molecule has 0 saturated carbocycles. The predicted octanol–water partition coefficient (Wildman–Crippen LogP) is 11.7. The van der Waals surface area contributed by atoms with E-state index < -0.39 is 6.16 Å². The van der Waals surface area contributed by atoms with Crippen LogP contribution >= 0.6 is 0 Å². The van der Waals surface area contributed by atoms with E-state index in [4.69, 9.17) is 19.1 Å². The second-order valence-electron chi connectivity index (χ2n) is 17.4. The first-order chi connectivity index (χ1) is 22.1. The molecule has 0 spiro atoms. The summed E-state index contributed by atoms with van der Waals surface area (Å²) in [4.78, 5) is 26.0. The molecular formula is C40H78N2O5.